The van der Waals surface area contributed by atoms with Crippen molar-refractivity contribution in [2.24, 2.45) is 0 Å². The molecule has 0 saturated heterocycles. The highest BCUT2D eigenvalue weighted by molar-refractivity contribution is 7.92. The van der Waals surface area contributed by atoms with Gasteiger partial charge >= 0.3 is 0 Å². The molecule has 0 aliphatic rings. The second kappa shape index (κ2) is 10.3. The highest BCUT2D eigenvalue weighted by atomic mass is 32.2. The zero-order valence-electron chi connectivity index (χ0n) is 18.8. The largest absolute Gasteiger partial charge is 0.505 e. The third-order valence-corrected chi connectivity index (χ3v) is 5.83. The van der Waals surface area contributed by atoms with Crippen LogP contribution in [0.5, 0.6) is 11.5 Å². The zero-order chi connectivity index (χ0) is 25.0. The number of hydrogen-bond acceptors (Lipinski definition) is 7. The maximum absolute atomic E-state index is 12.6. The Kier molecular flexibility index (Phi) is 8.22. The van der Waals surface area contributed by atoms with Crippen molar-refractivity contribution in [1.29, 1.82) is 0 Å². The van der Waals surface area contributed by atoms with Crippen LogP contribution < -0.4 is 18.9 Å². The molecule has 12 heteroatoms. The normalized spacial score (nSPS) is 13.6. The van der Waals surface area contributed by atoms with Crippen molar-refractivity contribution in [3.8, 4) is 11.5 Å². The van der Waals surface area contributed by atoms with Crippen molar-refractivity contribution in [3.05, 3.63) is 47.5 Å². The van der Waals surface area contributed by atoms with E-state index in [4.69, 9.17) is 4.18 Å². The molecule has 33 heavy (non-hydrogen) atoms. The standard InChI is InChI=1S/C21H27N3O7S2/c1-13(23-32(28)31-16-8-6-15(7-9-16)24-33(5,29)30)20(27)22-18-11-14(12-25)10-17(19(18)26)21(2,3)4/h6-13,23-24,26H,1-5H3,(H,22,27). The average Bonchev–Trinajstić information content (AvgIpc) is 2.68. The third-order valence-electron chi connectivity index (χ3n) is 4.33. The molecule has 180 valence electrons. The second-order valence-corrected chi connectivity index (χ2v) is 11.0. The topological polar surface area (TPSA) is 151 Å². The molecular weight excluding hydrogens is 470 g/mol. The fraction of sp³-hybridized carbons (Fsp3) is 0.333. The summed E-state index contributed by atoms with van der Waals surface area (Å²) >= 11 is -2.10. The summed E-state index contributed by atoms with van der Waals surface area (Å²) < 4.78 is 44.7. The van der Waals surface area contributed by atoms with Crippen LogP contribution in [-0.2, 0) is 31.5 Å². The lowest BCUT2D eigenvalue weighted by Gasteiger charge is -2.23. The van der Waals surface area contributed by atoms with Gasteiger partial charge in [-0.15, -0.1) is 0 Å². The second-order valence-electron chi connectivity index (χ2n) is 8.38. The Hall–Kier alpha value is -2.96. The number of nitrogens with one attached hydrogen (secondary N) is 3. The van der Waals surface area contributed by atoms with Crippen LogP contribution in [0.1, 0.15) is 43.6 Å². The van der Waals surface area contributed by atoms with E-state index >= 15 is 0 Å². The van der Waals surface area contributed by atoms with Crippen molar-refractivity contribution in [2.45, 2.75) is 39.2 Å². The van der Waals surface area contributed by atoms with Gasteiger partial charge < -0.3 is 14.6 Å². The first-order chi connectivity index (χ1) is 15.2. The molecule has 0 bridgehead atoms. The lowest BCUT2D eigenvalue weighted by Crippen LogP contribution is -2.40. The molecule has 2 aromatic rings. The van der Waals surface area contributed by atoms with Crippen LogP contribution in [0, 0.1) is 0 Å². The van der Waals surface area contributed by atoms with Gasteiger partial charge in [0.2, 0.25) is 15.9 Å². The van der Waals surface area contributed by atoms with E-state index in [0.717, 1.165) is 6.26 Å². The number of hydrogen-bond donors (Lipinski definition) is 4. The number of sulfonamides is 1. The Balaban J connectivity index is 2.05. The molecule has 2 rings (SSSR count). The summed E-state index contributed by atoms with van der Waals surface area (Å²) in [6.07, 6.45) is 1.63. The molecule has 0 aliphatic heterocycles. The molecule has 0 spiro atoms. The van der Waals surface area contributed by atoms with Crippen LogP contribution in [0.4, 0.5) is 11.4 Å². The maximum atomic E-state index is 12.6. The summed E-state index contributed by atoms with van der Waals surface area (Å²) in [7, 11) is -3.43. The summed E-state index contributed by atoms with van der Waals surface area (Å²) in [5, 5.41) is 13.1. The van der Waals surface area contributed by atoms with E-state index in [0.29, 0.717) is 17.5 Å². The summed E-state index contributed by atoms with van der Waals surface area (Å²) in [4.78, 5) is 23.8. The van der Waals surface area contributed by atoms with E-state index in [-0.39, 0.29) is 22.7 Å². The molecule has 0 saturated carbocycles. The molecule has 4 N–H and O–H groups in total. The van der Waals surface area contributed by atoms with Gasteiger partial charge in [-0.25, -0.2) is 8.42 Å². The van der Waals surface area contributed by atoms with Crippen LogP contribution in [0.3, 0.4) is 0 Å². The van der Waals surface area contributed by atoms with E-state index in [1.165, 1.54) is 37.3 Å². The minimum absolute atomic E-state index is 0.0591. The van der Waals surface area contributed by atoms with E-state index in [1.54, 1.807) is 6.07 Å². The zero-order valence-corrected chi connectivity index (χ0v) is 20.5. The van der Waals surface area contributed by atoms with Gasteiger partial charge in [-0.1, -0.05) is 20.8 Å². The van der Waals surface area contributed by atoms with Gasteiger partial charge in [0, 0.05) is 16.8 Å². The molecular formula is C21H27N3O7S2. The number of aldehydes is 1. The number of benzene rings is 2. The average molecular weight is 498 g/mol. The van der Waals surface area contributed by atoms with Crippen LogP contribution in [0.25, 0.3) is 0 Å². The number of amides is 1. The Morgan fingerprint density at radius 1 is 1.18 bits per heavy atom. The van der Waals surface area contributed by atoms with Crippen molar-refractivity contribution in [1.82, 2.24) is 4.72 Å². The number of phenols is 1. The fourth-order valence-electron chi connectivity index (χ4n) is 2.73. The van der Waals surface area contributed by atoms with Crippen molar-refractivity contribution < 1.29 is 31.5 Å². The van der Waals surface area contributed by atoms with E-state index < -0.39 is 38.7 Å². The van der Waals surface area contributed by atoms with Gasteiger partial charge in [0.1, 0.15) is 17.8 Å². The van der Waals surface area contributed by atoms with Crippen LogP contribution in [0.2, 0.25) is 0 Å². The van der Waals surface area contributed by atoms with Gasteiger partial charge in [-0.05, 0) is 48.7 Å². The molecule has 2 atom stereocenters. The first-order valence-electron chi connectivity index (χ1n) is 9.77. The Morgan fingerprint density at radius 3 is 2.30 bits per heavy atom. The fourth-order valence-corrected chi connectivity index (χ4v) is 4.03. The van der Waals surface area contributed by atoms with Gasteiger partial charge in [0.25, 0.3) is 11.3 Å². The quantitative estimate of drug-likeness (QED) is 0.307. The molecule has 0 aliphatic carbocycles. The summed E-state index contributed by atoms with van der Waals surface area (Å²) in [6, 6.07) is 7.60. The predicted molar refractivity (Wildman–Crippen MR) is 127 cm³/mol. The molecule has 0 heterocycles. The molecule has 0 aromatic heterocycles. The molecule has 10 nitrogen and oxygen atoms in total. The number of aromatic hydroxyl groups is 1. The summed E-state index contributed by atoms with van der Waals surface area (Å²) in [5.74, 6) is -0.592. The van der Waals surface area contributed by atoms with Crippen LogP contribution in [-0.4, -0.2) is 42.2 Å². The van der Waals surface area contributed by atoms with Gasteiger partial charge in [-0.3, -0.25) is 14.3 Å². The molecule has 2 aromatic carbocycles. The monoisotopic (exact) mass is 497 g/mol. The van der Waals surface area contributed by atoms with Crippen molar-refractivity contribution in [3.63, 3.8) is 0 Å². The Morgan fingerprint density at radius 2 is 1.79 bits per heavy atom. The first-order valence-corrected chi connectivity index (χ1v) is 12.7. The van der Waals surface area contributed by atoms with Crippen molar-refractivity contribution in [2.75, 3.05) is 16.3 Å². The molecule has 1 amide bonds. The highest BCUT2D eigenvalue weighted by Crippen LogP contribution is 2.37. The predicted octanol–water partition coefficient (Wildman–Crippen LogP) is 2.45. The Labute approximate surface area is 195 Å². The van der Waals surface area contributed by atoms with Crippen molar-refractivity contribution >= 4 is 44.9 Å². The number of rotatable bonds is 9. The SMILES string of the molecule is CC(NS(=O)Oc1ccc(NS(C)(=O)=O)cc1)C(=O)Nc1cc(C=O)cc(C(C)(C)C)c1O. The van der Waals surface area contributed by atoms with Gasteiger partial charge in [0.15, 0.2) is 0 Å². The van der Waals surface area contributed by atoms with E-state index in [1.807, 2.05) is 20.8 Å². The molecule has 2 unspecified atom stereocenters. The number of carbonyl (C=O) groups excluding carboxylic acids is 2. The summed E-state index contributed by atoms with van der Waals surface area (Å²) in [6.45, 7) is 7.02. The smallest absolute Gasteiger partial charge is 0.288 e. The number of phenolic OH excluding ortho intramolecular Hbond substituents is 1. The summed E-state index contributed by atoms with van der Waals surface area (Å²) in [5.41, 5.74) is 0.666. The molecule has 0 fully saturated rings. The minimum atomic E-state index is -3.43. The number of anilines is 2. The van der Waals surface area contributed by atoms with E-state index in [9.17, 15) is 27.3 Å². The Bertz CT molecular complexity index is 1160. The third kappa shape index (κ3) is 7.84. The minimum Gasteiger partial charge on any atom is -0.505 e. The maximum Gasteiger partial charge on any atom is 0.288 e. The van der Waals surface area contributed by atoms with Gasteiger partial charge in [0.05, 0.1) is 18.0 Å². The van der Waals surface area contributed by atoms with E-state index in [2.05, 4.69) is 14.8 Å². The lowest BCUT2D eigenvalue weighted by molar-refractivity contribution is -0.117. The van der Waals surface area contributed by atoms with Crippen LogP contribution in [0.15, 0.2) is 36.4 Å². The molecule has 0 radical (unpaired) electrons. The van der Waals surface area contributed by atoms with Gasteiger partial charge in [-0.2, -0.15) is 8.93 Å². The lowest BCUT2D eigenvalue weighted by atomic mass is 9.85. The number of carbonyl (C=O) groups is 2. The first kappa shape index (κ1) is 26.3. The van der Waals surface area contributed by atoms with Crippen LogP contribution >= 0.6 is 0 Å². The highest BCUT2D eigenvalue weighted by Gasteiger charge is 2.24.